The van der Waals surface area contributed by atoms with Crippen LogP contribution in [0.5, 0.6) is 5.75 Å². The molecule has 3 aromatic rings. The van der Waals surface area contributed by atoms with Gasteiger partial charge in [-0.1, -0.05) is 54.1 Å². The number of hydrogen-bond donors (Lipinski definition) is 2. The predicted molar refractivity (Wildman–Crippen MR) is 129 cm³/mol. The van der Waals surface area contributed by atoms with E-state index in [1.54, 1.807) is 35.2 Å². The summed E-state index contributed by atoms with van der Waals surface area (Å²) in [7, 11) is 2.02. The Morgan fingerprint density at radius 1 is 1.06 bits per heavy atom. The van der Waals surface area contributed by atoms with Gasteiger partial charge in [0.15, 0.2) is 0 Å². The van der Waals surface area contributed by atoms with Gasteiger partial charge in [0.1, 0.15) is 11.9 Å². The number of likely N-dealkylation sites (N-methyl/N-ethyl adjacent to an activating group) is 1. The van der Waals surface area contributed by atoms with Gasteiger partial charge in [-0.25, -0.2) is 0 Å². The molecule has 0 bridgehead atoms. The summed E-state index contributed by atoms with van der Waals surface area (Å²) >= 11 is 7.67. The van der Waals surface area contributed by atoms with E-state index in [1.165, 1.54) is 17.3 Å². The van der Waals surface area contributed by atoms with Gasteiger partial charge in [-0.15, -0.1) is 11.8 Å². The third-order valence-corrected chi connectivity index (χ3v) is 7.09. The van der Waals surface area contributed by atoms with E-state index >= 15 is 0 Å². The number of carbonyl (C=O) groups is 1. The minimum absolute atomic E-state index is 0.139. The maximum atomic E-state index is 13.4. The number of rotatable bonds is 6. The molecule has 0 aromatic heterocycles. The fourth-order valence-corrected chi connectivity index (χ4v) is 5.35. The average Bonchev–Trinajstić information content (AvgIpc) is 2.88. The topological polar surface area (TPSA) is 64.0 Å². The third-order valence-electron chi connectivity index (χ3n) is 5.49. The first-order valence-electron chi connectivity index (χ1n) is 10.4. The SMILES string of the molecule is CN(CCN1C(=O)[C@H](O)[C@H](c2ccc(O)cc2)Sc2cc(Cl)ccc21)Cc1ccccc1. The number of carbonyl (C=O) groups excluding carboxylic acids is 1. The predicted octanol–water partition coefficient (Wildman–Crippen LogP) is 4.72. The number of nitrogens with zero attached hydrogens (tertiary/aromatic N) is 2. The quantitative estimate of drug-likeness (QED) is 0.548. The fourth-order valence-electron chi connectivity index (χ4n) is 3.80. The number of aromatic hydroxyl groups is 1. The molecule has 1 aliphatic rings. The Morgan fingerprint density at radius 2 is 1.78 bits per heavy atom. The van der Waals surface area contributed by atoms with Crippen LogP contribution in [0.15, 0.2) is 77.7 Å². The minimum atomic E-state index is -1.23. The number of anilines is 1. The number of hydrogen-bond acceptors (Lipinski definition) is 5. The molecule has 5 nitrogen and oxygen atoms in total. The van der Waals surface area contributed by atoms with E-state index in [0.717, 1.165) is 22.7 Å². The van der Waals surface area contributed by atoms with E-state index in [-0.39, 0.29) is 11.7 Å². The third kappa shape index (κ3) is 5.10. The number of aliphatic hydroxyl groups excluding tert-OH is 1. The van der Waals surface area contributed by atoms with Gasteiger partial charge in [-0.2, -0.15) is 0 Å². The van der Waals surface area contributed by atoms with Crippen LogP contribution in [-0.4, -0.2) is 47.3 Å². The Balaban J connectivity index is 1.58. The molecule has 4 rings (SSSR count). The summed E-state index contributed by atoms with van der Waals surface area (Å²) in [4.78, 5) is 18.0. The zero-order valence-corrected chi connectivity index (χ0v) is 19.3. The van der Waals surface area contributed by atoms with Crippen molar-refractivity contribution in [3.8, 4) is 5.75 Å². The number of halogens is 1. The molecular formula is C25H25ClN2O3S. The zero-order chi connectivity index (χ0) is 22.7. The van der Waals surface area contributed by atoms with Crippen molar-refractivity contribution >= 4 is 35.0 Å². The first kappa shape index (κ1) is 22.7. The summed E-state index contributed by atoms with van der Waals surface area (Å²) < 4.78 is 0. The van der Waals surface area contributed by atoms with Gasteiger partial charge in [-0.05, 0) is 48.5 Å². The molecule has 0 radical (unpaired) electrons. The maximum absolute atomic E-state index is 13.4. The van der Waals surface area contributed by atoms with Crippen molar-refractivity contribution in [2.24, 2.45) is 0 Å². The van der Waals surface area contributed by atoms with E-state index in [4.69, 9.17) is 11.6 Å². The van der Waals surface area contributed by atoms with Gasteiger partial charge < -0.3 is 20.0 Å². The maximum Gasteiger partial charge on any atom is 0.257 e. The second-order valence-corrected chi connectivity index (χ2v) is 9.52. The van der Waals surface area contributed by atoms with Crippen LogP contribution < -0.4 is 4.90 Å². The second-order valence-electron chi connectivity index (χ2n) is 7.90. The summed E-state index contributed by atoms with van der Waals surface area (Å²) in [5.74, 6) is -0.204. The first-order valence-corrected chi connectivity index (χ1v) is 11.6. The Bertz CT molecular complexity index is 1080. The van der Waals surface area contributed by atoms with Gasteiger partial charge in [-0.3, -0.25) is 4.79 Å². The van der Waals surface area contributed by atoms with Crippen molar-refractivity contribution in [2.75, 3.05) is 25.0 Å². The highest BCUT2D eigenvalue weighted by molar-refractivity contribution is 7.99. The lowest BCUT2D eigenvalue weighted by molar-refractivity contribution is -0.126. The Hall–Kier alpha value is -2.51. The molecule has 0 unspecified atom stereocenters. The molecule has 32 heavy (non-hydrogen) atoms. The fraction of sp³-hybridized carbons (Fsp3) is 0.240. The van der Waals surface area contributed by atoms with E-state index in [1.807, 2.05) is 37.4 Å². The molecule has 3 aromatic carbocycles. The summed E-state index contributed by atoms with van der Waals surface area (Å²) in [6, 6.07) is 22.2. The number of fused-ring (bicyclic) bond motifs is 1. The average molecular weight is 469 g/mol. The van der Waals surface area contributed by atoms with Crippen LogP contribution in [0, 0.1) is 0 Å². The standard InChI is InChI=1S/C25H25ClN2O3S/c1-27(16-17-5-3-2-4-6-17)13-14-28-21-12-9-19(26)15-22(21)32-24(23(30)25(28)31)18-7-10-20(29)11-8-18/h2-12,15,23-24,29-30H,13-14,16H2,1H3/t23-,24+/m1/s1. The van der Waals surface area contributed by atoms with Crippen LogP contribution >= 0.6 is 23.4 Å². The minimum Gasteiger partial charge on any atom is -0.508 e. The summed E-state index contributed by atoms with van der Waals surface area (Å²) in [6.07, 6.45) is -1.23. The normalized spacial score (nSPS) is 18.5. The zero-order valence-electron chi connectivity index (χ0n) is 17.7. The highest BCUT2D eigenvalue weighted by atomic mass is 35.5. The molecular weight excluding hydrogens is 444 g/mol. The van der Waals surface area contributed by atoms with Crippen molar-refractivity contribution < 1.29 is 15.0 Å². The Labute approximate surface area is 197 Å². The lowest BCUT2D eigenvalue weighted by Gasteiger charge is -2.27. The van der Waals surface area contributed by atoms with Crippen LogP contribution in [0.3, 0.4) is 0 Å². The molecule has 2 N–H and O–H groups in total. The highest BCUT2D eigenvalue weighted by Crippen LogP contribution is 2.46. The van der Waals surface area contributed by atoms with E-state index in [2.05, 4.69) is 17.0 Å². The molecule has 1 aliphatic heterocycles. The first-order chi connectivity index (χ1) is 15.4. The largest absolute Gasteiger partial charge is 0.508 e. The summed E-state index contributed by atoms with van der Waals surface area (Å²) in [5, 5.41) is 20.7. The van der Waals surface area contributed by atoms with Crippen molar-refractivity contribution in [3.63, 3.8) is 0 Å². The van der Waals surface area contributed by atoms with E-state index in [9.17, 15) is 15.0 Å². The number of amides is 1. The second kappa shape index (κ2) is 9.96. The van der Waals surface area contributed by atoms with Gasteiger partial charge >= 0.3 is 0 Å². The van der Waals surface area contributed by atoms with Gasteiger partial charge in [0, 0.05) is 29.6 Å². The molecule has 0 saturated carbocycles. The molecule has 166 valence electrons. The van der Waals surface area contributed by atoms with Crippen molar-refractivity contribution in [3.05, 3.63) is 88.9 Å². The van der Waals surface area contributed by atoms with Crippen LogP contribution in [0.2, 0.25) is 5.02 Å². The molecule has 0 spiro atoms. The van der Waals surface area contributed by atoms with Crippen molar-refractivity contribution in [1.82, 2.24) is 4.90 Å². The number of thioether (sulfide) groups is 1. The number of phenolic OH excluding ortho intramolecular Hbond substituents is 1. The van der Waals surface area contributed by atoms with Gasteiger partial charge in [0.05, 0.1) is 10.9 Å². The number of benzene rings is 3. The monoisotopic (exact) mass is 468 g/mol. The van der Waals surface area contributed by atoms with E-state index in [0.29, 0.717) is 18.1 Å². The Kier molecular flexibility index (Phi) is 7.06. The molecule has 1 heterocycles. The van der Waals surface area contributed by atoms with Gasteiger partial charge in [0.25, 0.3) is 5.91 Å². The van der Waals surface area contributed by atoms with Gasteiger partial charge in [0.2, 0.25) is 0 Å². The van der Waals surface area contributed by atoms with Crippen LogP contribution in [0.4, 0.5) is 5.69 Å². The molecule has 0 fully saturated rings. The van der Waals surface area contributed by atoms with Crippen molar-refractivity contribution in [1.29, 1.82) is 0 Å². The number of aliphatic hydroxyl groups is 1. The van der Waals surface area contributed by atoms with Crippen molar-refractivity contribution in [2.45, 2.75) is 22.8 Å². The molecule has 0 aliphatic carbocycles. The molecule has 0 saturated heterocycles. The van der Waals surface area contributed by atoms with Crippen LogP contribution in [0.1, 0.15) is 16.4 Å². The van der Waals surface area contributed by atoms with E-state index < -0.39 is 11.4 Å². The molecule has 2 atom stereocenters. The Morgan fingerprint density at radius 3 is 2.50 bits per heavy atom. The smallest absolute Gasteiger partial charge is 0.257 e. The summed E-state index contributed by atoms with van der Waals surface area (Å²) in [5.41, 5.74) is 2.72. The number of phenols is 1. The summed E-state index contributed by atoms with van der Waals surface area (Å²) in [6.45, 7) is 1.85. The molecule has 1 amide bonds. The highest BCUT2D eigenvalue weighted by Gasteiger charge is 2.37. The lowest BCUT2D eigenvalue weighted by Crippen LogP contribution is -2.43. The van der Waals surface area contributed by atoms with Crippen LogP contribution in [-0.2, 0) is 11.3 Å². The molecule has 7 heteroatoms. The van der Waals surface area contributed by atoms with Crippen LogP contribution in [0.25, 0.3) is 0 Å². The lowest BCUT2D eigenvalue weighted by atomic mass is 10.1.